The van der Waals surface area contributed by atoms with Gasteiger partial charge in [-0.15, -0.1) is 11.3 Å². The van der Waals surface area contributed by atoms with Gasteiger partial charge in [0.1, 0.15) is 12.2 Å². The van der Waals surface area contributed by atoms with Crippen LogP contribution in [0.3, 0.4) is 0 Å². The van der Waals surface area contributed by atoms with Crippen molar-refractivity contribution in [1.29, 1.82) is 0 Å². The van der Waals surface area contributed by atoms with E-state index in [1.165, 1.54) is 11.6 Å². The molecule has 0 fully saturated rings. The molecule has 0 saturated carbocycles. The number of carbonyl (C=O) groups is 1. The predicted molar refractivity (Wildman–Crippen MR) is 89.0 cm³/mol. The van der Waals surface area contributed by atoms with Gasteiger partial charge in [0, 0.05) is 33.6 Å². The third-order valence-corrected chi connectivity index (χ3v) is 4.82. The SMILES string of the molecule is CC(=O)NCC(O)C(O)c1ccc2sc3ccccc3c2c1. The number of aliphatic hydroxyl groups excluding tert-OH is 2. The average molecular weight is 315 g/mol. The van der Waals surface area contributed by atoms with Gasteiger partial charge in [0.15, 0.2) is 0 Å². The smallest absolute Gasteiger partial charge is 0.216 e. The molecular weight excluding hydrogens is 298 g/mol. The number of hydrogen-bond donors (Lipinski definition) is 3. The van der Waals surface area contributed by atoms with Crippen LogP contribution in [0.5, 0.6) is 0 Å². The summed E-state index contributed by atoms with van der Waals surface area (Å²) in [4.78, 5) is 10.9. The fourth-order valence-electron chi connectivity index (χ4n) is 2.51. The van der Waals surface area contributed by atoms with Crippen LogP contribution < -0.4 is 5.32 Å². The number of aliphatic hydroxyl groups is 2. The predicted octanol–water partition coefficient (Wildman–Crippen LogP) is 2.58. The lowest BCUT2D eigenvalue weighted by molar-refractivity contribution is -0.119. The third kappa shape index (κ3) is 2.83. The first-order chi connectivity index (χ1) is 10.6. The van der Waals surface area contributed by atoms with Gasteiger partial charge < -0.3 is 15.5 Å². The lowest BCUT2D eigenvalue weighted by Crippen LogP contribution is -2.34. The van der Waals surface area contributed by atoms with Crippen molar-refractivity contribution in [2.45, 2.75) is 19.1 Å². The average Bonchev–Trinajstić information content (AvgIpc) is 2.89. The van der Waals surface area contributed by atoms with Crippen molar-refractivity contribution < 1.29 is 15.0 Å². The Morgan fingerprint density at radius 2 is 1.86 bits per heavy atom. The molecule has 0 bridgehead atoms. The molecule has 0 radical (unpaired) electrons. The van der Waals surface area contributed by atoms with Crippen LogP contribution in [-0.2, 0) is 4.79 Å². The van der Waals surface area contributed by atoms with Crippen LogP contribution in [-0.4, -0.2) is 28.8 Å². The number of hydrogen-bond acceptors (Lipinski definition) is 4. The molecule has 1 aromatic heterocycles. The van der Waals surface area contributed by atoms with Crippen molar-refractivity contribution >= 4 is 37.4 Å². The zero-order valence-corrected chi connectivity index (χ0v) is 12.9. The Kier molecular flexibility index (Phi) is 4.11. The fraction of sp³-hybridized carbons (Fsp3) is 0.235. The molecule has 3 N–H and O–H groups in total. The van der Waals surface area contributed by atoms with Crippen LogP contribution in [0.4, 0.5) is 0 Å². The molecule has 22 heavy (non-hydrogen) atoms. The molecule has 4 nitrogen and oxygen atoms in total. The van der Waals surface area contributed by atoms with E-state index < -0.39 is 12.2 Å². The maximum absolute atomic E-state index is 10.9. The molecule has 1 heterocycles. The molecule has 0 aliphatic carbocycles. The van der Waals surface area contributed by atoms with Gasteiger partial charge in [0.25, 0.3) is 0 Å². The van der Waals surface area contributed by atoms with E-state index in [1.807, 2.05) is 30.3 Å². The summed E-state index contributed by atoms with van der Waals surface area (Å²) in [6.07, 6.45) is -2.07. The van der Waals surface area contributed by atoms with E-state index >= 15 is 0 Å². The highest BCUT2D eigenvalue weighted by molar-refractivity contribution is 7.25. The van der Waals surface area contributed by atoms with E-state index in [9.17, 15) is 15.0 Å². The summed E-state index contributed by atoms with van der Waals surface area (Å²) in [5, 5.41) is 25.0. The van der Waals surface area contributed by atoms with Gasteiger partial charge in [-0.3, -0.25) is 4.79 Å². The van der Waals surface area contributed by atoms with Crippen molar-refractivity contribution in [2.75, 3.05) is 6.54 Å². The van der Waals surface area contributed by atoms with Crippen molar-refractivity contribution in [3.63, 3.8) is 0 Å². The molecule has 114 valence electrons. The highest BCUT2D eigenvalue weighted by Gasteiger charge is 2.19. The molecule has 2 atom stereocenters. The molecule has 3 rings (SSSR count). The maximum atomic E-state index is 10.9. The van der Waals surface area contributed by atoms with Crippen LogP contribution >= 0.6 is 11.3 Å². The number of rotatable bonds is 4. The maximum Gasteiger partial charge on any atom is 0.216 e. The largest absolute Gasteiger partial charge is 0.388 e. The van der Waals surface area contributed by atoms with Crippen LogP contribution in [0.2, 0.25) is 0 Å². The molecular formula is C17H17NO3S. The Bertz CT molecular complexity index is 827. The van der Waals surface area contributed by atoms with Crippen molar-refractivity contribution in [1.82, 2.24) is 5.32 Å². The molecule has 1 amide bonds. The molecule has 0 aliphatic heterocycles. The van der Waals surface area contributed by atoms with E-state index in [-0.39, 0.29) is 12.5 Å². The topological polar surface area (TPSA) is 69.6 Å². The Labute approximate surface area is 132 Å². The number of fused-ring (bicyclic) bond motifs is 3. The zero-order chi connectivity index (χ0) is 15.7. The minimum absolute atomic E-state index is 0.0267. The molecule has 0 saturated heterocycles. The summed E-state index contributed by atoms with van der Waals surface area (Å²) in [5.74, 6) is -0.231. The van der Waals surface area contributed by atoms with E-state index in [1.54, 1.807) is 11.3 Å². The minimum Gasteiger partial charge on any atom is -0.388 e. The monoisotopic (exact) mass is 315 g/mol. The summed E-state index contributed by atoms with van der Waals surface area (Å²) < 4.78 is 2.34. The second kappa shape index (κ2) is 6.04. The first-order valence-corrected chi connectivity index (χ1v) is 7.89. The first-order valence-electron chi connectivity index (χ1n) is 7.08. The molecule has 5 heteroatoms. The summed E-state index contributed by atoms with van der Waals surface area (Å²) in [5.41, 5.74) is 0.647. The summed E-state index contributed by atoms with van der Waals surface area (Å²) in [7, 11) is 0. The summed E-state index contributed by atoms with van der Waals surface area (Å²) in [6, 6.07) is 13.8. The summed E-state index contributed by atoms with van der Waals surface area (Å²) >= 11 is 1.70. The molecule has 0 aliphatic rings. The second-order valence-corrected chi connectivity index (χ2v) is 6.39. The van der Waals surface area contributed by atoms with Crippen LogP contribution in [0.15, 0.2) is 42.5 Å². The van der Waals surface area contributed by atoms with Gasteiger partial charge in [0.05, 0.1) is 0 Å². The van der Waals surface area contributed by atoms with Crippen molar-refractivity contribution in [2.24, 2.45) is 0 Å². The number of carbonyl (C=O) groups excluding carboxylic acids is 1. The lowest BCUT2D eigenvalue weighted by atomic mass is 10.0. The molecule has 3 aromatic rings. The highest BCUT2D eigenvalue weighted by atomic mass is 32.1. The minimum atomic E-state index is -1.04. The molecule has 2 aromatic carbocycles. The number of nitrogens with one attached hydrogen (secondary N) is 1. The Morgan fingerprint density at radius 3 is 2.64 bits per heavy atom. The third-order valence-electron chi connectivity index (χ3n) is 3.67. The van der Waals surface area contributed by atoms with E-state index in [4.69, 9.17) is 0 Å². The zero-order valence-electron chi connectivity index (χ0n) is 12.1. The van der Waals surface area contributed by atoms with Crippen molar-refractivity contribution in [3.8, 4) is 0 Å². The standard InChI is InChI=1S/C17H17NO3S/c1-10(19)18-9-14(20)17(21)11-6-7-16-13(8-11)12-4-2-3-5-15(12)22-16/h2-8,14,17,20-21H,9H2,1H3,(H,18,19). The van der Waals surface area contributed by atoms with Gasteiger partial charge in [-0.2, -0.15) is 0 Å². The number of amides is 1. The van der Waals surface area contributed by atoms with Gasteiger partial charge in [-0.25, -0.2) is 0 Å². The normalized spacial score (nSPS) is 14.1. The quantitative estimate of drug-likeness (QED) is 0.693. The second-order valence-electron chi connectivity index (χ2n) is 5.30. The van der Waals surface area contributed by atoms with Gasteiger partial charge in [-0.05, 0) is 23.8 Å². The number of thiophene rings is 1. The van der Waals surface area contributed by atoms with E-state index in [0.717, 1.165) is 15.5 Å². The first kappa shape index (κ1) is 15.0. The van der Waals surface area contributed by atoms with Crippen molar-refractivity contribution in [3.05, 3.63) is 48.0 Å². The lowest BCUT2D eigenvalue weighted by Gasteiger charge is -2.18. The van der Waals surface area contributed by atoms with Gasteiger partial charge >= 0.3 is 0 Å². The highest BCUT2D eigenvalue weighted by Crippen LogP contribution is 2.35. The molecule has 2 unspecified atom stereocenters. The van der Waals surface area contributed by atoms with Gasteiger partial charge in [0.2, 0.25) is 5.91 Å². The Hall–Kier alpha value is -1.95. The molecule has 0 spiro atoms. The van der Waals surface area contributed by atoms with E-state index in [0.29, 0.717) is 5.56 Å². The van der Waals surface area contributed by atoms with Crippen LogP contribution in [0.1, 0.15) is 18.6 Å². The Morgan fingerprint density at radius 1 is 1.14 bits per heavy atom. The van der Waals surface area contributed by atoms with Gasteiger partial charge in [-0.1, -0.05) is 24.3 Å². The fourth-order valence-corrected chi connectivity index (χ4v) is 3.60. The van der Waals surface area contributed by atoms with Crippen LogP contribution in [0.25, 0.3) is 20.2 Å². The number of benzene rings is 2. The Balaban J connectivity index is 1.93. The van der Waals surface area contributed by atoms with Crippen LogP contribution in [0, 0.1) is 0 Å². The summed E-state index contributed by atoms with van der Waals surface area (Å²) in [6.45, 7) is 1.40. The van der Waals surface area contributed by atoms with E-state index in [2.05, 4.69) is 17.4 Å².